The Hall–Kier alpha value is -2.36. The van der Waals surface area contributed by atoms with Crippen molar-refractivity contribution in [2.45, 2.75) is 32.0 Å². The number of nitro benzene ring substituents is 1. The Labute approximate surface area is 148 Å². The summed E-state index contributed by atoms with van der Waals surface area (Å²) in [7, 11) is 0. The van der Waals surface area contributed by atoms with Gasteiger partial charge in [0, 0.05) is 44.7 Å². The van der Waals surface area contributed by atoms with Crippen LogP contribution in [0.15, 0.2) is 18.2 Å². The molecule has 1 aliphatic heterocycles. The highest BCUT2D eigenvalue weighted by atomic mass is 19.4. The predicted molar refractivity (Wildman–Crippen MR) is 89.8 cm³/mol. The molecule has 0 bridgehead atoms. The zero-order valence-electron chi connectivity index (χ0n) is 14.3. The van der Waals surface area contributed by atoms with Gasteiger partial charge in [-0.25, -0.2) is 0 Å². The first-order chi connectivity index (χ1) is 12.1. The summed E-state index contributed by atoms with van der Waals surface area (Å²) >= 11 is 0. The molecular weight excluding hydrogens is 353 g/mol. The van der Waals surface area contributed by atoms with Crippen molar-refractivity contribution in [2.75, 3.05) is 31.1 Å². The summed E-state index contributed by atoms with van der Waals surface area (Å²) in [5.41, 5.74) is 4.12. The second-order valence-corrected chi connectivity index (χ2v) is 6.34. The average Bonchev–Trinajstić information content (AvgIpc) is 2.58. The lowest BCUT2D eigenvalue weighted by Crippen LogP contribution is -2.49. The number of hydrogen-bond acceptors (Lipinski definition) is 5. The van der Waals surface area contributed by atoms with E-state index in [1.807, 2.05) is 6.92 Å². The SMILES string of the molecule is CC(N)CCC(=O)N1CCN(c2ccc(C(F)(F)F)cc2[N+](=O)[O-])CC1. The number of hydrogen-bond donors (Lipinski definition) is 1. The van der Waals surface area contributed by atoms with E-state index >= 15 is 0 Å². The third kappa shape index (κ3) is 4.84. The van der Waals surface area contributed by atoms with Crippen LogP contribution in [0, 0.1) is 10.1 Å². The minimum atomic E-state index is -4.64. The second kappa shape index (κ2) is 7.90. The summed E-state index contributed by atoms with van der Waals surface area (Å²) in [6.07, 6.45) is -3.74. The van der Waals surface area contributed by atoms with Crippen molar-refractivity contribution in [1.29, 1.82) is 0 Å². The van der Waals surface area contributed by atoms with Crippen LogP contribution in [0.5, 0.6) is 0 Å². The van der Waals surface area contributed by atoms with E-state index in [0.717, 1.165) is 12.1 Å². The largest absolute Gasteiger partial charge is 0.416 e. The van der Waals surface area contributed by atoms with Crippen molar-refractivity contribution in [2.24, 2.45) is 5.73 Å². The molecule has 0 spiro atoms. The second-order valence-electron chi connectivity index (χ2n) is 6.34. The smallest absolute Gasteiger partial charge is 0.362 e. The summed E-state index contributed by atoms with van der Waals surface area (Å²) in [5.74, 6) is -0.0381. The first kappa shape index (κ1) is 20.0. The molecule has 0 aliphatic carbocycles. The Morgan fingerprint density at radius 3 is 2.42 bits per heavy atom. The third-order valence-corrected chi connectivity index (χ3v) is 4.29. The Morgan fingerprint density at radius 2 is 1.92 bits per heavy atom. The van der Waals surface area contributed by atoms with Gasteiger partial charge in [0.1, 0.15) is 5.69 Å². The number of halogens is 3. The van der Waals surface area contributed by atoms with E-state index in [2.05, 4.69) is 0 Å². The van der Waals surface area contributed by atoms with Gasteiger partial charge < -0.3 is 15.5 Å². The fourth-order valence-electron chi connectivity index (χ4n) is 2.82. The quantitative estimate of drug-likeness (QED) is 0.631. The molecule has 144 valence electrons. The predicted octanol–water partition coefficient (Wildman–Crippen LogP) is 2.39. The molecule has 1 saturated heterocycles. The molecule has 1 amide bonds. The van der Waals surface area contributed by atoms with Crippen LogP contribution < -0.4 is 10.6 Å². The molecule has 1 aromatic carbocycles. The molecule has 10 heteroatoms. The third-order valence-electron chi connectivity index (χ3n) is 4.29. The van der Waals surface area contributed by atoms with Crippen molar-refractivity contribution < 1.29 is 22.9 Å². The van der Waals surface area contributed by atoms with Crippen LogP contribution in [-0.2, 0) is 11.0 Å². The lowest BCUT2D eigenvalue weighted by Gasteiger charge is -2.36. The molecule has 0 aromatic heterocycles. The lowest BCUT2D eigenvalue weighted by atomic mass is 10.1. The van der Waals surface area contributed by atoms with E-state index in [0.29, 0.717) is 45.1 Å². The lowest BCUT2D eigenvalue weighted by molar-refractivity contribution is -0.384. The van der Waals surface area contributed by atoms with Gasteiger partial charge in [0.05, 0.1) is 10.5 Å². The topological polar surface area (TPSA) is 92.7 Å². The number of nitrogens with two attached hydrogens (primary N) is 1. The maximum absolute atomic E-state index is 12.8. The van der Waals surface area contributed by atoms with Gasteiger partial charge in [0.15, 0.2) is 0 Å². The molecule has 1 atom stereocenters. The Balaban J connectivity index is 2.09. The molecule has 2 rings (SSSR count). The van der Waals surface area contributed by atoms with Crippen molar-refractivity contribution in [1.82, 2.24) is 4.90 Å². The van der Waals surface area contributed by atoms with E-state index in [1.54, 1.807) is 9.80 Å². The highest BCUT2D eigenvalue weighted by Crippen LogP contribution is 2.36. The summed E-state index contributed by atoms with van der Waals surface area (Å²) in [5, 5.41) is 11.2. The monoisotopic (exact) mass is 374 g/mol. The zero-order chi connectivity index (χ0) is 19.5. The molecular formula is C16H21F3N4O3. The first-order valence-electron chi connectivity index (χ1n) is 8.23. The highest BCUT2D eigenvalue weighted by Gasteiger charge is 2.34. The number of piperazine rings is 1. The first-order valence-corrected chi connectivity index (χ1v) is 8.23. The van der Waals surface area contributed by atoms with Gasteiger partial charge in [0.2, 0.25) is 5.91 Å². The van der Waals surface area contributed by atoms with Crippen molar-refractivity contribution in [3.8, 4) is 0 Å². The summed E-state index contributed by atoms with van der Waals surface area (Å²) in [6, 6.07) is 2.43. The molecule has 2 N–H and O–H groups in total. The van der Waals surface area contributed by atoms with Crippen molar-refractivity contribution in [3.63, 3.8) is 0 Å². The zero-order valence-corrected chi connectivity index (χ0v) is 14.3. The van der Waals surface area contributed by atoms with Crippen LogP contribution in [-0.4, -0.2) is 48.0 Å². The Morgan fingerprint density at radius 1 is 1.31 bits per heavy atom. The number of benzene rings is 1. The number of carbonyl (C=O) groups is 1. The number of amides is 1. The summed E-state index contributed by atoms with van der Waals surface area (Å²) in [4.78, 5) is 25.8. The van der Waals surface area contributed by atoms with E-state index < -0.39 is 22.4 Å². The maximum atomic E-state index is 12.8. The van der Waals surface area contributed by atoms with Crippen molar-refractivity contribution >= 4 is 17.3 Å². The number of nitrogens with zero attached hydrogens (tertiary/aromatic N) is 3. The standard InChI is InChI=1S/C16H21F3N4O3/c1-11(20)2-5-15(24)22-8-6-21(7-9-22)13-4-3-12(16(17,18)19)10-14(13)23(25)26/h3-4,10-11H,2,5-9,20H2,1H3. The van der Waals surface area contributed by atoms with E-state index in [1.165, 1.54) is 0 Å². The van der Waals surface area contributed by atoms with Crippen LogP contribution in [0.3, 0.4) is 0 Å². The van der Waals surface area contributed by atoms with Gasteiger partial charge in [0.25, 0.3) is 5.69 Å². The summed E-state index contributed by atoms with van der Waals surface area (Å²) < 4.78 is 38.4. The van der Waals surface area contributed by atoms with Crippen molar-refractivity contribution in [3.05, 3.63) is 33.9 Å². The van der Waals surface area contributed by atoms with Gasteiger partial charge in [-0.05, 0) is 25.5 Å². The van der Waals surface area contributed by atoms with E-state index in [-0.39, 0.29) is 17.6 Å². The fraction of sp³-hybridized carbons (Fsp3) is 0.562. The number of anilines is 1. The molecule has 7 nitrogen and oxygen atoms in total. The van der Waals surface area contributed by atoms with Gasteiger partial charge in [-0.3, -0.25) is 14.9 Å². The molecule has 1 fully saturated rings. The molecule has 1 unspecified atom stereocenters. The van der Waals surface area contributed by atoms with Crippen LogP contribution in [0.25, 0.3) is 0 Å². The summed E-state index contributed by atoms with van der Waals surface area (Å²) in [6.45, 7) is 3.16. The molecule has 1 heterocycles. The Bertz CT molecular complexity index is 671. The molecule has 0 radical (unpaired) electrons. The highest BCUT2D eigenvalue weighted by molar-refractivity contribution is 5.76. The average molecular weight is 374 g/mol. The minimum absolute atomic E-state index is 0.0381. The van der Waals surface area contributed by atoms with Crippen LogP contribution in [0.2, 0.25) is 0 Å². The molecule has 26 heavy (non-hydrogen) atoms. The van der Waals surface area contributed by atoms with Gasteiger partial charge >= 0.3 is 6.18 Å². The van der Waals surface area contributed by atoms with E-state index in [4.69, 9.17) is 5.73 Å². The number of rotatable bonds is 5. The van der Waals surface area contributed by atoms with E-state index in [9.17, 15) is 28.1 Å². The minimum Gasteiger partial charge on any atom is -0.362 e. The van der Waals surface area contributed by atoms with Crippen LogP contribution in [0.4, 0.5) is 24.5 Å². The molecule has 1 aromatic rings. The normalized spacial score (nSPS) is 16.5. The van der Waals surface area contributed by atoms with Crippen LogP contribution in [0.1, 0.15) is 25.3 Å². The Kier molecular flexibility index (Phi) is 6.06. The van der Waals surface area contributed by atoms with Crippen LogP contribution >= 0.6 is 0 Å². The number of carbonyl (C=O) groups excluding carboxylic acids is 1. The maximum Gasteiger partial charge on any atom is 0.416 e. The van der Waals surface area contributed by atoms with Gasteiger partial charge in [-0.15, -0.1) is 0 Å². The van der Waals surface area contributed by atoms with Gasteiger partial charge in [-0.1, -0.05) is 0 Å². The number of alkyl halides is 3. The molecule has 0 saturated carbocycles. The number of nitro groups is 1. The fourth-order valence-corrected chi connectivity index (χ4v) is 2.82. The molecule has 1 aliphatic rings. The van der Waals surface area contributed by atoms with Gasteiger partial charge in [-0.2, -0.15) is 13.2 Å².